The summed E-state index contributed by atoms with van der Waals surface area (Å²) in [7, 11) is 0. The first-order chi connectivity index (χ1) is 9.94. The van der Waals surface area contributed by atoms with E-state index < -0.39 is 0 Å². The van der Waals surface area contributed by atoms with Gasteiger partial charge in [-0.05, 0) is 45.9 Å². The van der Waals surface area contributed by atoms with Crippen molar-refractivity contribution in [2.45, 2.75) is 40.2 Å². The first kappa shape index (κ1) is 15.0. The van der Waals surface area contributed by atoms with Crippen molar-refractivity contribution in [3.05, 3.63) is 41.0 Å². The predicted octanol–water partition coefficient (Wildman–Crippen LogP) is 2.48. The first-order valence-corrected chi connectivity index (χ1v) is 6.96. The molecule has 21 heavy (non-hydrogen) atoms. The van der Waals surface area contributed by atoms with Crippen LogP contribution in [0.1, 0.15) is 29.7 Å². The number of nitrogens with one attached hydrogen (secondary N) is 3. The average Bonchev–Trinajstić information content (AvgIpc) is 2.78. The number of H-pyrrole nitrogens is 1. The Kier molecular flexibility index (Phi) is 4.57. The van der Waals surface area contributed by atoms with Gasteiger partial charge in [-0.3, -0.25) is 10.1 Å². The lowest BCUT2D eigenvalue weighted by molar-refractivity contribution is 0.249. The minimum atomic E-state index is -0.233. The number of carbonyl (C=O) groups is 1. The molecule has 0 radical (unpaired) electrons. The Morgan fingerprint density at radius 3 is 2.71 bits per heavy atom. The molecule has 0 spiro atoms. The standard InChI is InChI=1S/C15H21N5O/c1-9-5-6-14(12(4)16-9)18-15(21)17-10(2)7-13-8-11(3)19-20-13/h5-6,8,10H,7H2,1-4H3,(H,19,20)(H2,17,18,21). The highest BCUT2D eigenvalue weighted by molar-refractivity contribution is 5.89. The molecule has 6 heteroatoms. The molecule has 2 amide bonds. The summed E-state index contributed by atoms with van der Waals surface area (Å²) in [5.74, 6) is 0. The highest BCUT2D eigenvalue weighted by atomic mass is 16.2. The molecule has 1 atom stereocenters. The molecule has 0 saturated carbocycles. The van der Waals surface area contributed by atoms with E-state index in [2.05, 4.69) is 25.8 Å². The SMILES string of the molecule is Cc1ccc(NC(=O)NC(C)Cc2cc(C)[nH]n2)c(C)n1. The second kappa shape index (κ2) is 6.39. The van der Waals surface area contributed by atoms with Crippen LogP contribution in [-0.4, -0.2) is 27.3 Å². The third kappa shape index (κ3) is 4.30. The van der Waals surface area contributed by atoms with Crippen molar-refractivity contribution in [3.63, 3.8) is 0 Å². The van der Waals surface area contributed by atoms with E-state index in [1.165, 1.54) is 0 Å². The normalized spacial score (nSPS) is 12.0. The van der Waals surface area contributed by atoms with E-state index in [1.807, 2.05) is 45.9 Å². The first-order valence-electron chi connectivity index (χ1n) is 6.96. The topological polar surface area (TPSA) is 82.7 Å². The van der Waals surface area contributed by atoms with Crippen LogP contribution in [-0.2, 0) is 6.42 Å². The van der Waals surface area contributed by atoms with Crippen LogP contribution in [0.4, 0.5) is 10.5 Å². The highest BCUT2D eigenvalue weighted by Crippen LogP contribution is 2.12. The van der Waals surface area contributed by atoms with Gasteiger partial charge in [0, 0.05) is 23.9 Å². The smallest absolute Gasteiger partial charge is 0.319 e. The maximum Gasteiger partial charge on any atom is 0.319 e. The highest BCUT2D eigenvalue weighted by Gasteiger charge is 2.11. The summed E-state index contributed by atoms with van der Waals surface area (Å²) in [5.41, 5.74) is 4.42. The maximum absolute atomic E-state index is 12.0. The second-order valence-corrected chi connectivity index (χ2v) is 5.33. The third-order valence-electron chi connectivity index (χ3n) is 3.13. The van der Waals surface area contributed by atoms with Crippen LogP contribution < -0.4 is 10.6 Å². The number of hydrogen-bond donors (Lipinski definition) is 3. The van der Waals surface area contributed by atoms with Gasteiger partial charge in [-0.1, -0.05) is 0 Å². The quantitative estimate of drug-likeness (QED) is 0.808. The third-order valence-corrected chi connectivity index (χ3v) is 3.13. The summed E-state index contributed by atoms with van der Waals surface area (Å²) >= 11 is 0. The summed E-state index contributed by atoms with van der Waals surface area (Å²) in [6, 6.07) is 5.47. The summed E-state index contributed by atoms with van der Waals surface area (Å²) < 4.78 is 0. The summed E-state index contributed by atoms with van der Waals surface area (Å²) in [4.78, 5) is 16.3. The molecule has 2 heterocycles. The van der Waals surface area contributed by atoms with Gasteiger partial charge >= 0.3 is 6.03 Å². The van der Waals surface area contributed by atoms with Gasteiger partial charge in [0.1, 0.15) is 0 Å². The molecular formula is C15H21N5O. The Bertz CT molecular complexity index is 635. The number of pyridine rings is 1. The molecule has 0 aliphatic rings. The van der Waals surface area contributed by atoms with E-state index in [4.69, 9.17) is 0 Å². The van der Waals surface area contributed by atoms with E-state index in [0.717, 1.165) is 28.5 Å². The molecule has 112 valence electrons. The Hall–Kier alpha value is -2.37. The van der Waals surface area contributed by atoms with Crippen LogP contribution >= 0.6 is 0 Å². The molecule has 1 unspecified atom stereocenters. The molecule has 0 saturated heterocycles. The van der Waals surface area contributed by atoms with Crippen LogP contribution in [0.2, 0.25) is 0 Å². The van der Waals surface area contributed by atoms with Gasteiger partial charge in [0.25, 0.3) is 0 Å². The number of carbonyl (C=O) groups excluding carboxylic acids is 1. The number of rotatable bonds is 4. The minimum absolute atomic E-state index is 0.00795. The largest absolute Gasteiger partial charge is 0.335 e. The number of urea groups is 1. The predicted molar refractivity (Wildman–Crippen MR) is 82.4 cm³/mol. The van der Waals surface area contributed by atoms with Crippen molar-refractivity contribution in [1.29, 1.82) is 0 Å². The number of amides is 2. The van der Waals surface area contributed by atoms with Gasteiger partial charge in [0.15, 0.2) is 0 Å². The zero-order valence-electron chi connectivity index (χ0n) is 12.8. The van der Waals surface area contributed by atoms with Crippen LogP contribution in [0.15, 0.2) is 18.2 Å². The molecule has 0 bridgehead atoms. The van der Waals surface area contributed by atoms with Crippen LogP contribution in [0.5, 0.6) is 0 Å². The van der Waals surface area contributed by atoms with Crippen LogP contribution in [0.25, 0.3) is 0 Å². The number of aromatic nitrogens is 3. The number of nitrogens with zero attached hydrogens (tertiary/aromatic N) is 2. The Morgan fingerprint density at radius 2 is 2.10 bits per heavy atom. The van der Waals surface area contributed by atoms with E-state index >= 15 is 0 Å². The van der Waals surface area contributed by atoms with Gasteiger partial charge in [-0.2, -0.15) is 5.10 Å². The van der Waals surface area contributed by atoms with Crippen molar-refractivity contribution >= 4 is 11.7 Å². The van der Waals surface area contributed by atoms with Gasteiger partial charge in [-0.25, -0.2) is 4.79 Å². The van der Waals surface area contributed by atoms with Gasteiger partial charge in [-0.15, -0.1) is 0 Å². The maximum atomic E-state index is 12.0. The Balaban J connectivity index is 1.89. The number of aromatic amines is 1. The van der Waals surface area contributed by atoms with Crippen LogP contribution in [0.3, 0.4) is 0 Å². The Labute approximate surface area is 124 Å². The van der Waals surface area contributed by atoms with Crippen molar-refractivity contribution in [3.8, 4) is 0 Å². The van der Waals surface area contributed by atoms with Crippen molar-refractivity contribution < 1.29 is 4.79 Å². The van der Waals surface area contributed by atoms with Crippen molar-refractivity contribution in [2.75, 3.05) is 5.32 Å². The zero-order valence-corrected chi connectivity index (χ0v) is 12.8. The zero-order chi connectivity index (χ0) is 15.4. The molecule has 6 nitrogen and oxygen atoms in total. The Morgan fingerprint density at radius 1 is 1.33 bits per heavy atom. The molecular weight excluding hydrogens is 266 g/mol. The van der Waals surface area contributed by atoms with E-state index in [1.54, 1.807) is 0 Å². The number of aryl methyl sites for hydroxylation is 3. The summed E-state index contributed by atoms with van der Waals surface area (Å²) in [5, 5.41) is 12.8. The van der Waals surface area contributed by atoms with Gasteiger partial charge < -0.3 is 10.6 Å². The number of hydrogen-bond acceptors (Lipinski definition) is 3. The van der Waals surface area contributed by atoms with Gasteiger partial charge in [0.2, 0.25) is 0 Å². The fourth-order valence-electron chi connectivity index (χ4n) is 2.14. The van der Waals surface area contributed by atoms with Crippen LogP contribution in [0, 0.1) is 20.8 Å². The summed E-state index contributed by atoms with van der Waals surface area (Å²) in [6.07, 6.45) is 0.683. The van der Waals surface area contributed by atoms with E-state index in [-0.39, 0.29) is 12.1 Å². The molecule has 2 aromatic rings. The molecule has 0 aliphatic carbocycles. The summed E-state index contributed by atoms with van der Waals surface area (Å²) in [6.45, 7) is 7.70. The molecule has 2 aromatic heterocycles. The molecule has 0 fully saturated rings. The second-order valence-electron chi connectivity index (χ2n) is 5.33. The van der Waals surface area contributed by atoms with Crippen molar-refractivity contribution in [2.24, 2.45) is 0 Å². The lowest BCUT2D eigenvalue weighted by atomic mass is 10.2. The lowest BCUT2D eigenvalue weighted by Crippen LogP contribution is -2.37. The molecule has 0 aromatic carbocycles. The molecule has 0 aliphatic heterocycles. The average molecular weight is 287 g/mol. The van der Waals surface area contributed by atoms with E-state index in [0.29, 0.717) is 6.42 Å². The molecule has 3 N–H and O–H groups in total. The fourth-order valence-corrected chi connectivity index (χ4v) is 2.14. The molecule has 2 rings (SSSR count). The minimum Gasteiger partial charge on any atom is -0.335 e. The fraction of sp³-hybridized carbons (Fsp3) is 0.400. The van der Waals surface area contributed by atoms with Gasteiger partial charge in [0.05, 0.1) is 17.1 Å². The lowest BCUT2D eigenvalue weighted by Gasteiger charge is -2.14. The van der Waals surface area contributed by atoms with Crippen molar-refractivity contribution in [1.82, 2.24) is 20.5 Å². The monoisotopic (exact) mass is 287 g/mol. The van der Waals surface area contributed by atoms with E-state index in [9.17, 15) is 4.79 Å². The number of anilines is 1.